The van der Waals surface area contributed by atoms with Crippen molar-refractivity contribution in [3.63, 3.8) is 0 Å². The van der Waals surface area contributed by atoms with Crippen LogP contribution in [0.25, 0.3) is 0 Å². The molecule has 0 spiro atoms. The zero-order chi connectivity index (χ0) is 14.0. The second-order valence-electron chi connectivity index (χ2n) is 3.02. The first-order valence-corrected chi connectivity index (χ1v) is 4.42. The lowest BCUT2D eigenvalue weighted by Crippen LogP contribution is -2.18. The number of halogens is 3. The fourth-order valence-corrected chi connectivity index (χ4v) is 1.24. The molecule has 0 aliphatic heterocycles. The lowest BCUT2D eigenvalue weighted by Gasteiger charge is -2.10. The average Bonchev–Trinajstić information content (AvgIpc) is 2.38. The lowest BCUT2D eigenvalue weighted by atomic mass is 10.0. The fraction of sp³-hybridized carbons (Fsp3) is 0.200. The fourth-order valence-electron chi connectivity index (χ4n) is 1.24. The predicted octanol–water partition coefficient (Wildman–Crippen LogP) is 1.38. The Balaban J connectivity index is 3.75. The number of ether oxygens (including phenoxy) is 2. The van der Waals surface area contributed by atoms with Crippen molar-refractivity contribution in [2.24, 2.45) is 0 Å². The van der Waals surface area contributed by atoms with E-state index in [0.29, 0.717) is 0 Å². The van der Waals surface area contributed by atoms with Crippen LogP contribution >= 0.6 is 0 Å². The first-order chi connectivity index (χ1) is 8.36. The van der Waals surface area contributed by atoms with Crippen molar-refractivity contribution in [1.82, 2.24) is 0 Å². The maximum absolute atomic E-state index is 13.5. The van der Waals surface area contributed by atoms with Crippen LogP contribution < -0.4 is 0 Å². The van der Waals surface area contributed by atoms with Gasteiger partial charge in [-0.25, -0.2) is 18.4 Å². The van der Waals surface area contributed by atoms with Gasteiger partial charge >= 0.3 is 11.9 Å². The van der Waals surface area contributed by atoms with Crippen LogP contribution in [0.5, 0.6) is 5.75 Å². The topological polar surface area (TPSA) is 72.8 Å². The number of hydrogen-bond donors (Lipinski definition) is 1. The molecule has 0 radical (unpaired) electrons. The summed E-state index contributed by atoms with van der Waals surface area (Å²) in [5, 5.41) is 8.94. The summed E-state index contributed by atoms with van der Waals surface area (Å²) >= 11 is 0. The molecule has 0 fully saturated rings. The molecule has 1 rings (SSSR count). The Morgan fingerprint density at radius 1 is 0.889 bits per heavy atom. The van der Waals surface area contributed by atoms with Crippen molar-refractivity contribution in [2.45, 2.75) is 0 Å². The van der Waals surface area contributed by atoms with Gasteiger partial charge in [0.2, 0.25) is 5.82 Å². The van der Waals surface area contributed by atoms with Crippen molar-refractivity contribution in [3.8, 4) is 5.75 Å². The van der Waals surface area contributed by atoms with Gasteiger partial charge in [0.05, 0.1) is 14.2 Å². The van der Waals surface area contributed by atoms with Gasteiger partial charge in [0.1, 0.15) is 11.1 Å². The number of aromatic hydroxyl groups is 1. The molecule has 0 unspecified atom stereocenters. The third-order valence-corrected chi connectivity index (χ3v) is 2.08. The summed E-state index contributed by atoms with van der Waals surface area (Å²) in [6, 6.07) is 0. The maximum atomic E-state index is 13.5. The van der Waals surface area contributed by atoms with E-state index in [9.17, 15) is 22.8 Å². The number of rotatable bonds is 2. The Morgan fingerprint density at radius 2 is 1.28 bits per heavy atom. The molecule has 0 aromatic heterocycles. The minimum absolute atomic E-state index is 0.825. The quantitative estimate of drug-likeness (QED) is 0.645. The largest absolute Gasteiger partial charge is 0.503 e. The van der Waals surface area contributed by atoms with E-state index < -0.39 is 46.3 Å². The van der Waals surface area contributed by atoms with E-state index in [0.717, 1.165) is 14.2 Å². The van der Waals surface area contributed by atoms with Gasteiger partial charge in [0.15, 0.2) is 17.4 Å². The van der Waals surface area contributed by atoms with Crippen molar-refractivity contribution < 1.29 is 37.3 Å². The Kier molecular flexibility index (Phi) is 3.79. The summed E-state index contributed by atoms with van der Waals surface area (Å²) in [6.07, 6.45) is 0. The van der Waals surface area contributed by atoms with Crippen LogP contribution in [0.3, 0.4) is 0 Å². The molecule has 18 heavy (non-hydrogen) atoms. The molecular weight excluding hydrogens is 257 g/mol. The minimum atomic E-state index is -2.00. The third kappa shape index (κ3) is 1.96. The summed E-state index contributed by atoms with van der Waals surface area (Å²) in [5.41, 5.74) is -2.52. The molecule has 5 nitrogen and oxygen atoms in total. The number of carbonyl (C=O) groups is 2. The number of carbonyl (C=O) groups excluding carboxylic acids is 2. The van der Waals surface area contributed by atoms with Gasteiger partial charge in [-0.15, -0.1) is 0 Å². The molecule has 98 valence electrons. The monoisotopic (exact) mass is 264 g/mol. The highest BCUT2D eigenvalue weighted by Crippen LogP contribution is 2.30. The zero-order valence-corrected chi connectivity index (χ0v) is 9.21. The van der Waals surface area contributed by atoms with Gasteiger partial charge in [-0.05, 0) is 0 Å². The highest BCUT2D eigenvalue weighted by molar-refractivity contribution is 6.04. The van der Waals surface area contributed by atoms with E-state index in [1.165, 1.54) is 0 Å². The minimum Gasteiger partial charge on any atom is -0.503 e. The summed E-state index contributed by atoms with van der Waals surface area (Å²) in [4.78, 5) is 22.4. The number of phenolic OH excluding ortho intramolecular Hbond substituents is 1. The number of benzene rings is 1. The second-order valence-corrected chi connectivity index (χ2v) is 3.02. The molecule has 1 aromatic carbocycles. The highest BCUT2D eigenvalue weighted by atomic mass is 19.2. The van der Waals surface area contributed by atoms with Crippen LogP contribution in [0.2, 0.25) is 0 Å². The van der Waals surface area contributed by atoms with Crippen LogP contribution in [0.15, 0.2) is 0 Å². The van der Waals surface area contributed by atoms with E-state index >= 15 is 0 Å². The van der Waals surface area contributed by atoms with E-state index in [1.807, 2.05) is 0 Å². The van der Waals surface area contributed by atoms with Crippen molar-refractivity contribution in [3.05, 3.63) is 28.6 Å². The number of phenols is 1. The van der Waals surface area contributed by atoms with Gasteiger partial charge in [-0.2, -0.15) is 4.39 Å². The van der Waals surface area contributed by atoms with Gasteiger partial charge in [-0.3, -0.25) is 0 Å². The lowest BCUT2D eigenvalue weighted by molar-refractivity contribution is 0.0543. The molecule has 0 aliphatic carbocycles. The second kappa shape index (κ2) is 4.94. The smallest absolute Gasteiger partial charge is 0.342 e. The van der Waals surface area contributed by atoms with Gasteiger partial charge < -0.3 is 14.6 Å². The molecular formula is C10H7F3O5. The van der Waals surface area contributed by atoms with Gasteiger partial charge in [-0.1, -0.05) is 0 Å². The van der Waals surface area contributed by atoms with E-state index in [1.54, 1.807) is 0 Å². The summed E-state index contributed by atoms with van der Waals surface area (Å²) in [5.74, 6) is -10.4. The van der Waals surface area contributed by atoms with Gasteiger partial charge in [0, 0.05) is 0 Å². The van der Waals surface area contributed by atoms with Gasteiger partial charge in [0.25, 0.3) is 0 Å². The molecule has 0 atom stereocenters. The Morgan fingerprint density at radius 3 is 1.67 bits per heavy atom. The molecule has 1 N–H and O–H groups in total. The van der Waals surface area contributed by atoms with Crippen LogP contribution in [0.1, 0.15) is 20.7 Å². The maximum Gasteiger partial charge on any atom is 0.342 e. The molecule has 0 saturated heterocycles. The van der Waals surface area contributed by atoms with Crippen LogP contribution in [-0.4, -0.2) is 31.3 Å². The first kappa shape index (κ1) is 13.8. The molecule has 0 saturated carbocycles. The summed E-state index contributed by atoms with van der Waals surface area (Å²) in [6.45, 7) is 0. The Labute approximate surface area is 98.7 Å². The van der Waals surface area contributed by atoms with Crippen molar-refractivity contribution in [2.75, 3.05) is 14.2 Å². The van der Waals surface area contributed by atoms with Crippen LogP contribution in [-0.2, 0) is 9.47 Å². The van der Waals surface area contributed by atoms with E-state index in [2.05, 4.69) is 9.47 Å². The SMILES string of the molecule is COC(=O)c1c(F)c(O)c(F)c(F)c1C(=O)OC. The van der Waals surface area contributed by atoms with Crippen molar-refractivity contribution in [1.29, 1.82) is 0 Å². The number of methoxy groups -OCH3 is 2. The molecule has 0 heterocycles. The number of hydrogen-bond acceptors (Lipinski definition) is 5. The first-order valence-electron chi connectivity index (χ1n) is 4.42. The standard InChI is InChI=1S/C10H7F3O5/c1-17-9(15)3-4(10(16)18-2)6(12)8(14)7(13)5(3)11/h14H,1-2H3. The van der Waals surface area contributed by atoms with Crippen LogP contribution in [0.4, 0.5) is 13.2 Å². The average molecular weight is 264 g/mol. The summed E-state index contributed by atoms with van der Waals surface area (Å²) < 4.78 is 48.2. The highest BCUT2D eigenvalue weighted by Gasteiger charge is 2.33. The Hall–Kier alpha value is -2.25. The molecule has 0 aliphatic rings. The Bertz CT molecular complexity index is 480. The van der Waals surface area contributed by atoms with Crippen LogP contribution in [0, 0.1) is 17.5 Å². The van der Waals surface area contributed by atoms with E-state index in [-0.39, 0.29) is 0 Å². The summed E-state index contributed by atoms with van der Waals surface area (Å²) in [7, 11) is 1.66. The molecule has 0 bridgehead atoms. The molecule has 8 heteroatoms. The predicted molar refractivity (Wildman–Crippen MR) is 50.7 cm³/mol. The normalized spacial score (nSPS) is 10.1. The third-order valence-electron chi connectivity index (χ3n) is 2.08. The zero-order valence-electron chi connectivity index (χ0n) is 9.21. The number of esters is 2. The van der Waals surface area contributed by atoms with Crippen molar-refractivity contribution >= 4 is 11.9 Å². The molecule has 1 aromatic rings. The van der Waals surface area contributed by atoms with E-state index in [4.69, 9.17) is 5.11 Å². The molecule has 0 amide bonds.